The Labute approximate surface area is 124 Å². The summed E-state index contributed by atoms with van der Waals surface area (Å²) in [6.45, 7) is 0. The van der Waals surface area contributed by atoms with Gasteiger partial charge in [-0.15, -0.1) is 0 Å². The van der Waals surface area contributed by atoms with Gasteiger partial charge in [0.05, 0.1) is 16.1 Å². The maximum absolute atomic E-state index is 11.8. The van der Waals surface area contributed by atoms with Crippen molar-refractivity contribution >= 4 is 35.6 Å². The van der Waals surface area contributed by atoms with Crippen LogP contribution in [0.1, 0.15) is 20.7 Å². The lowest BCUT2D eigenvalue weighted by atomic mass is 10.2. The fourth-order valence-corrected chi connectivity index (χ4v) is 1.94. The first kappa shape index (κ1) is 14.2. The van der Waals surface area contributed by atoms with E-state index in [1.165, 1.54) is 0 Å². The van der Waals surface area contributed by atoms with Gasteiger partial charge in [0, 0.05) is 6.20 Å². The van der Waals surface area contributed by atoms with Crippen LogP contribution in [0.3, 0.4) is 0 Å². The van der Waals surface area contributed by atoms with Gasteiger partial charge < -0.3 is 4.98 Å². The predicted octanol–water partition coefficient (Wildman–Crippen LogP) is 2.47. The molecule has 0 saturated carbocycles. The summed E-state index contributed by atoms with van der Waals surface area (Å²) in [5.74, 6) is -1.01. The normalized spacial score (nSPS) is 9.85. The zero-order valence-electron chi connectivity index (χ0n) is 10.1. The lowest BCUT2D eigenvalue weighted by molar-refractivity contribution is 0.0846. The van der Waals surface area contributed by atoms with E-state index in [-0.39, 0.29) is 15.8 Å². The molecule has 0 spiro atoms. The van der Waals surface area contributed by atoms with Crippen LogP contribution in [0.15, 0.2) is 42.6 Å². The third kappa shape index (κ3) is 3.23. The van der Waals surface area contributed by atoms with Crippen LogP contribution in [0.4, 0.5) is 0 Å². The Bertz CT molecular complexity index is 715. The summed E-state index contributed by atoms with van der Waals surface area (Å²) in [5, 5.41) is 0.302. The van der Waals surface area contributed by atoms with Crippen LogP contribution in [-0.4, -0.2) is 16.8 Å². The Hall–Kier alpha value is -2.18. The van der Waals surface area contributed by atoms with Crippen molar-refractivity contribution in [3.05, 3.63) is 63.4 Å². The second-order valence-electron chi connectivity index (χ2n) is 3.80. The highest BCUT2D eigenvalue weighted by molar-refractivity contribution is 7.71. The standard InChI is InChI=1S/C13H10ClN3O2S/c14-10-6-2-1-4-8(10)11(18)16-17-12(19)9-5-3-7-15-13(9)20/h1-7H,(H,15,20)(H,16,18)(H,17,19). The number of halogens is 1. The predicted molar refractivity (Wildman–Crippen MR) is 78.0 cm³/mol. The number of hydrazine groups is 1. The molecule has 0 bridgehead atoms. The quantitative estimate of drug-likeness (QED) is 0.589. The fourth-order valence-electron chi connectivity index (χ4n) is 1.49. The minimum absolute atomic E-state index is 0.266. The minimum atomic E-state index is -0.507. The molecule has 1 heterocycles. The lowest BCUT2D eigenvalue weighted by Crippen LogP contribution is -2.41. The molecule has 102 valence electrons. The number of pyridine rings is 1. The van der Waals surface area contributed by atoms with Crippen LogP contribution < -0.4 is 10.9 Å². The number of amides is 2. The maximum atomic E-state index is 11.8. The topological polar surface area (TPSA) is 74.0 Å². The Morgan fingerprint density at radius 1 is 1.00 bits per heavy atom. The molecular weight excluding hydrogens is 298 g/mol. The number of hydrogen-bond acceptors (Lipinski definition) is 3. The van der Waals surface area contributed by atoms with Gasteiger partial charge in [-0.05, 0) is 24.3 Å². The summed E-state index contributed by atoms with van der Waals surface area (Å²) in [4.78, 5) is 26.4. The first-order chi connectivity index (χ1) is 9.59. The smallest absolute Gasteiger partial charge is 0.272 e. The highest BCUT2D eigenvalue weighted by atomic mass is 35.5. The molecule has 0 aliphatic rings. The monoisotopic (exact) mass is 307 g/mol. The number of aromatic amines is 1. The summed E-state index contributed by atoms with van der Waals surface area (Å²) < 4.78 is 0.289. The summed E-state index contributed by atoms with van der Waals surface area (Å²) in [6.07, 6.45) is 1.61. The zero-order valence-corrected chi connectivity index (χ0v) is 11.7. The molecule has 2 amide bonds. The molecule has 1 aromatic carbocycles. The van der Waals surface area contributed by atoms with Crippen LogP contribution in [0, 0.1) is 4.64 Å². The third-order valence-electron chi connectivity index (χ3n) is 2.47. The SMILES string of the molecule is O=C(NNC(=O)c1ccc[nH]c1=S)c1ccccc1Cl. The zero-order chi connectivity index (χ0) is 14.5. The number of rotatable bonds is 2. The molecule has 0 saturated heterocycles. The molecule has 2 rings (SSSR count). The number of aromatic nitrogens is 1. The molecule has 1 aromatic heterocycles. The molecule has 7 heteroatoms. The van der Waals surface area contributed by atoms with Gasteiger partial charge in [0.15, 0.2) is 0 Å². The molecule has 20 heavy (non-hydrogen) atoms. The van der Waals surface area contributed by atoms with Gasteiger partial charge in [0.25, 0.3) is 11.8 Å². The minimum Gasteiger partial charge on any atom is -0.352 e. The Morgan fingerprint density at radius 3 is 2.25 bits per heavy atom. The van der Waals surface area contributed by atoms with Gasteiger partial charge in [-0.1, -0.05) is 36.0 Å². The Morgan fingerprint density at radius 2 is 1.60 bits per heavy atom. The maximum Gasteiger partial charge on any atom is 0.272 e. The van der Waals surface area contributed by atoms with Crippen LogP contribution in [0.2, 0.25) is 5.02 Å². The molecular formula is C13H10ClN3O2S. The van der Waals surface area contributed by atoms with Crippen molar-refractivity contribution in [2.45, 2.75) is 0 Å². The average Bonchev–Trinajstić information content (AvgIpc) is 2.45. The highest BCUT2D eigenvalue weighted by Crippen LogP contribution is 2.14. The Kier molecular flexibility index (Phi) is 4.49. The number of benzene rings is 1. The summed E-state index contributed by atoms with van der Waals surface area (Å²) >= 11 is 10.9. The lowest BCUT2D eigenvalue weighted by Gasteiger charge is -2.08. The second kappa shape index (κ2) is 6.31. The van der Waals surface area contributed by atoms with Crippen LogP contribution in [0.25, 0.3) is 0 Å². The second-order valence-corrected chi connectivity index (χ2v) is 4.62. The van der Waals surface area contributed by atoms with Crippen molar-refractivity contribution in [1.29, 1.82) is 0 Å². The van der Waals surface area contributed by atoms with Crippen molar-refractivity contribution < 1.29 is 9.59 Å². The van der Waals surface area contributed by atoms with Crippen molar-refractivity contribution in [3.63, 3.8) is 0 Å². The van der Waals surface area contributed by atoms with Crippen molar-refractivity contribution in [1.82, 2.24) is 15.8 Å². The fraction of sp³-hybridized carbons (Fsp3) is 0. The van der Waals surface area contributed by atoms with Crippen LogP contribution in [0.5, 0.6) is 0 Å². The third-order valence-corrected chi connectivity index (χ3v) is 3.14. The molecule has 5 nitrogen and oxygen atoms in total. The van der Waals surface area contributed by atoms with E-state index in [0.717, 1.165) is 0 Å². The van der Waals surface area contributed by atoms with E-state index >= 15 is 0 Å². The van der Waals surface area contributed by atoms with Gasteiger partial charge >= 0.3 is 0 Å². The van der Waals surface area contributed by atoms with Crippen molar-refractivity contribution in [2.75, 3.05) is 0 Å². The molecule has 0 fully saturated rings. The van der Waals surface area contributed by atoms with E-state index in [0.29, 0.717) is 5.02 Å². The molecule has 0 radical (unpaired) electrons. The first-order valence-electron chi connectivity index (χ1n) is 5.62. The van der Waals surface area contributed by atoms with E-state index in [1.807, 2.05) is 0 Å². The number of H-pyrrole nitrogens is 1. The summed E-state index contributed by atoms with van der Waals surface area (Å²) in [5.41, 5.74) is 5.10. The van der Waals surface area contributed by atoms with Gasteiger partial charge in [0.1, 0.15) is 4.64 Å². The van der Waals surface area contributed by atoms with Crippen molar-refractivity contribution in [2.24, 2.45) is 0 Å². The molecule has 0 aliphatic heterocycles. The first-order valence-corrected chi connectivity index (χ1v) is 6.41. The Balaban J connectivity index is 2.05. The van der Waals surface area contributed by atoms with Gasteiger partial charge in [-0.25, -0.2) is 0 Å². The molecule has 0 atom stereocenters. The van der Waals surface area contributed by atoms with E-state index < -0.39 is 11.8 Å². The molecule has 2 aromatic rings. The van der Waals surface area contributed by atoms with Crippen LogP contribution in [-0.2, 0) is 0 Å². The number of nitrogens with one attached hydrogen (secondary N) is 3. The van der Waals surface area contributed by atoms with Gasteiger partial charge in [-0.3, -0.25) is 20.4 Å². The van der Waals surface area contributed by atoms with E-state index in [4.69, 9.17) is 23.8 Å². The molecule has 3 N–H and O–H groups in total. The number of carbonyl (C=O) groups excluding carboxylic acids is 2. The number of carbonyl (C=O) groups is 2. The number of hydrogen-bond donors (Lipinski definition) is 3. The van der Waals surface area contributed by atoms with E-state index in [9.17, 15) is 9.59 Å². The van der Waals surface area contributed by atoms with Gasteiger partial charge in [-0.2, -0.15) is 0 Å². The van der Waals surface area contributed by atoms with Crippen molar-refractivity contribution in [3.8, 4) is 0 Å². The van der Waals surface area contributed by atoms with Gasteiger partial charge in [0.2, 0.25) is 0 Å². The van der Waals surface area contributed by atoms with E-state index in [2.05, 4.69) is 15.8 Å². The summed E-state index contributed by atoms with van der Waals surface area (Å²) in [6, 6.07) is 9.72. The molecule has 0 unspecified atom stereocenters. The highest BCUT2D eigenvalue weighted by Gasteiger charge is 2.12. The van der Waals surface area contributed by atoms with Crippen LogP contribution >= 0.6 is 23.8 Å². The van der Waals surface area contributed by atoms with E-state index in [1.54, 1.807) is 42.6 Å². The molecule has 0 aliphatic carbocycles. The average molecular weight is 308 g/mol. The largest absolute Gasteiger partial charge is 0.352 e. The summed E-state index contributed by atoms with van der Waals surface area (Å²) in [7, 11) is 0.